The molecule has 0 aliphatic heterocycles. The van der Waals surface area contributed by atoms with E-state index in [1.165, 1.54) is 17.3 Å². The quantitative estimate of drug-likeness (QED) is 0.779. The van der Waals surface area contributed by atoms with E-state index in [-0.39, 0.29) is 5.41 Å². The average Bonchev–Trinajstić information content (AvgIpc) is 2.28. The topological polar surface area (TPSA) is 34.1 Å². The van der Waals surface area contributed by atoms with E-state index in [9.17, 15) is 8.42 Å². The molecule has 1 rings (SSSR count). The summed E-state index contributed by atoms with van der Waals surface area (Å²) in [5.74, 6) is 0. The molecule has 0 aromatic heterocycles. The molecule has 0 saturated carbocycles. The number of hydrogen-bond donors (Lipinski definition) is 0. The van der Waals surface area contributed by atoms with E-state index in [0.717, 1.165) is 15.7 Å². The summed E-state index contributed by atoms with van der Waals surface area (Å²) >= 11 is 1.37. The minimum atomic E-state index is -3.26. The predicted molar refractivity (Wildman–Crippen MR) is 79.3 cm³/mol. The Balaban J connectivity index is 2.74. The summed E-state index contributed by atoms with van der Waals surface area (Å²) in [7, 11) is -3.26. The van der Waals surface area contributed by atoms with E-state index in [0.29, 0.717) is 0 Å². The van der Waals surface area contributed by atoms with Gasteiger partial charge in [-0.25, -0.2) is 8.42 Å². The van der Waals surface area contributed by atoms with Gasteiger partial charge < -0.3 is 0 Å². The van der Waals surface area contributed by atoms with Crippen molar-refractivity contribution in [3.05, 3.63) is 52.6 Å². The van der Waals surface area contributed by atoms with Crippen molar-refractivity contribution < 1.29 is 8.42 Å². The first-order valence-corrected chi connectivity index (χ1v) is 8.05. The lowest BCUT2D eigenvalue weighted by Crippen LogP contribution is -2.10. The maximum atomic E-state index is 11.2. The molecule has 1 aromatic carbocycles. The second kappa shape index (κ2) is 5.76. The maximum absolute atomic E-state index is 11.2. The minimum Gasteiger partial charge on any atom is -0.220 e. The van der Waals surface area contributed by atoms with Crippen LogP contribution in [0.3, 0.4) is 0 Å². The van der Waals surface area contributed by atoms with Gasteiger partial charge in [-0.2, -0.15) is 0 Å². The fraction of sp³-hybridized carbons (Fsp3) is 0.286. The summed E-state index contributed by atoms with van der Waals surface area (Å²) in [6.45, 7) is 9.72. The van der Waals surface area contributed by atoms with Crippen molar-refractivity contribution in [2.75, 3.05) is 0 Å². The van der Waals surface area contributed by atoms with Crippen molar-refractivity contribution in [1.29, 1.82) is 0 Å². The Morgan fingerprint density at radius 1 is 1.17 bits per heavy atom. The average molecular weight is 282 g/mol. The zero-order chi connectivity index (χ0) is 13.8. The molecule has 1 aromatic rings. The molecule has 18 heavy (non-hydrogen) atoms. The molecule has 0 radical (unpaired) electrons. The van der Waals surface area contributed by atoms with Crippen LogP contribution in [-0.2, 0) is 15.3 Å². The van der Waals surface area contributed by atoms with E-state index in [1.807, 2.05) is 12.1 Å². The summed E-state index contributed by atoms with van der Waals surface area (Å²) in [4.78, 5) is 1.01. The van der Waals surface area contributed by atoms with Gasteiger partial charge in [0, 0.05) is 15.7 Å². The zero-order valence-electron chi connectivity index (χ0n) is 10.9. The van der Waals surface area contributed by atoms with Crippen LogP contribution in [0.4, 0.5) is 0 Å². The first-order chi connectivity index (χ1) is 8.24. The Morgan fingerprint density at radius 3 is 2.17 bits per heavy atom. The number of benzene rings is 1. The van der Waals surface area contributed by atoms with Crippen LogP contribution >= 0.6 is 11.8 Å². The van der Waals surface area contributed by atoms with E-state index >= 15 is 0 Å². The molecule has 2 nitrogen and oxygen atoms in total. The number of sulfone groups is 1. The van der Waals surface area contributed by atoms with Gasteiger partial charge in [-0.15, -0.1) is 0 Å². The molecule has 0 N–H and O–H groups in total. The van der Waals surface area contributed by atoms with Crippen LogP contribution < -0.4 is 0 Å². The van der Waals surface area contributed by atoms with E-state index in [2.05, 4.69) is 39.5 Å². The van der Waals surface area contributed by atoms with Gasteiger partial charge in [0.2, 0.25) is 0 Å². The number of rotatable bonds is 4. The van der Waals surface area contributed by atoms with E-state index in [1.54, 1.807) is 5.41 Å². The van der Waals surface area contributed by atoms with Crippen LogP contribution in [0.5, 0.6) is 0 Å². The summed E-state index contributed by atoms with van der Waals surface area (Å²) in [6, 6.07) is 8.13. The van der Waals surface area contributed by atoms with Crippen molar-refractivity contribution in [2.24, 2.45) is 0 Å². The molecule has 0 heterocycles. The van der Waals surface area contributed by atoms with E-state index in [4.69, 9.17) is 0 Å². The Hall–Kier alpha value is -1.00. The Morgan fingerprint density at radius 2 is 1.72 bits per heavy atom. The number of hydrogen-bond acceptors (Lipinski definition) is 3. The highest BCUT2D eigenvalue weighted by molar-refractivity contribution is 8.03. The Labute approximate surface area is 114 Å². The van der Waals surface area contributed by atoms with E-state index < -0.39 is 9.84 Å². The third-order valence-electron chi connectivity index (χ3n) is 2.40. The second-order valence-corrected chi connectivity index (χ2v) is 7.68. The van der Waals surface area contributed by atoms with Crippen LogP contribution in [0.15, 0.2) is 52.0 Å². The van der Waals surface area contributed by atoms with Crippen LogP contribution in [0.2, 0.25) is 0 Å². The Kier molecular flexibility index (Phi) is 4.82. The van der Waals surface area contributed by atoms with Gasteiger partial charge in [0.25, 0.3) is 0 Å². The Bertz CT molecular complexity index is 532. The fourth-order valence-corrected chi connectivity index (χ4v) is 2.68. The van der Waals surface area contributed by atoms with Gasteiger partial charge in [-0.3, -0.25) is 0 Å². The zero-order valence-corrected chi connectivity index (χ0v) is 12.5. The largest absolute Gasteiger partial charge is 0.220 e. The highest BCUT2D eigenvalue weighted by Gasteiger charge is 2.12. The second-order valence-electron chi connectivity index (χ2n) is 4.92. The van der Waals surface area contributed by atoms with Gasteiger partial charge in [0.05, 0.1) is 0 Å². The van der Waals surface area contributed by atoms with Crippen LogP contribution in [0.1, 0.15) is 26.3 Å². The predicted octanol–water partition coefficient (Wildman–Crippen LogP) is 4.11. The van der Waals surface area contributed by atoms with Crippen LogP contribution in [0.25, 0.3) is 0 Å². The molecule has 0 fully saturated rings. The standard InChI is InChI=1S/C14H18O2S2/c1-5-18(15,16)11-10-17-13-8-6-12(7-9-13)14(2,3)4/h5-11H,1H2,2-4H3/b11-10+. The molecule has 0 atom stereocenters. The molecule has 0 spiro atoms. The summed E-state index contributed by atoms with van der Waals surface area (Å²) in [5, 5.41) is 3.65. The lowest BCUT2D eigenvalue weighted by molar-refractivity contribution is 0.590. The lowest BCUT2D eigenvalue weighted by atomic mass is 9.87. The first-order valence-electron chi connectivity index (χ1n) is 5.56. The SMILES string of the molecule is C=CS(=O)(=O)/C=C/Sc1ccc(C(C)(C)C)cc1. The van der Waals surface area contributed by atoms with Gasteiger partial charge in [-0.1, -0.05) is 51.2 Å². The molecule has 0 amide bonds. The van der Waals surface area contributed by atoms with Gasteiger partial charge in [-0.05, 0) is 28.5 Å². The summed E-state index contributed by atoms with van der Waals surface area (Å²) < 4.78 is 22.3. The molecule has 0 bridgehead atoms. The van der Waals surface area contributed by atoms with Crippen LogP contribution in [0, 0.1) is 0 Å². The van der Waals surface area contributed by atoms with Crippen molar-refractivity contribution in [3.63, 3.8) is 0 Å². The van der Waals surface area contributed by atoms with Crippen molar-refractivity contribution >= 4 is 21.6 Å². The maximum Gasteiger partial charge on any atom is 0.192 e. The summed E-state index contributed by atoms with van der Waals surface area (Å²) in [6.07, 6.45) is 0. The van der Waals surface area contributed by atoms with Gasteiger partial charge in [0.15, 0.2) is 9.84 Å². The third-order valence-corrected chi connectivity index (χ3v) is 4.37. The normalized spacial score (nSPS) is 12.8. The highest BCUT2D eigenvalue weighted by atomic mass is 32.2. The molecular formula is C14H18O2S2. The van der Waals surface area contributed by atoms with Crippen molar-refractivity contribution in [2.45, 2.75) is 31.1 Å². The molecular weight excluding hydrogens is 264 g/mol. The smallest absolute Gasteiger partial charge is 0.192 e. The fourth-order valence-electron chi connectivity index (χ4n) is 1.27. The molecule has 0 aliphatic carbocycles. The van der Waals surface area contributed by atoms with Crippen molar-refractivity contribution in [3.8, 4) is 0 Å². The van der Waals surface area contributed by atoms with Gasteiger partial charge in [0.1, 0.15) is 0 Å². The van der Waals surface area contributed by atoms with Crippen molar-refractivity contribution in [1.82, 2.24) is 0 Å². The molecule has 0 aliphatic rings. The monoisotopic (exact) mass is 282 g/mol. The molecule has 98 valence electrons. The first kappa shape index (κ1) is 15.1. The van der Waals surface area contributed by atoms with Gasteiger partial charge >= 0.3 is 0 Å². The lowest BCUT2D eigenvalue weighted by Gasteiger charge is -2.18. The third kappa shape index (κ3) is 4.70. The molecule has 4 heteroatoms. The van der Waals surface area contributed by atoms with Crippen LogP contribution in [-0.4, -0.2) is 8.42 Å². The summed E-state index contributed by atoms with van der Waals surface area (Å²) in [5.41, 5.74) is 1.39. The minimum absolute atomic E-state index is 0.130. The molecule has 0 unspecified atom stereocenters. The highest BCUT2D eigenvalue weighted by Crippen LogP contribution is 2.26. The number of thioether (sulfide) groups is 1. The molecule has 0 saturated heterocycles.